The second-order valence-electron chi connectivity index (χ2n) is 6.87. The second-order valence-corrected chi connectivity index (χ2v) is 6.87. The maximum absolute atomic E-state index is 14.0. The van der Waals surface area contributed by atoms with E-state index in [0.717, 1.165) is 6.07 Å². The zero-order valence-electron chi connectivity index (χ0n) is 14.7. The van der Waals surface area contributed by atoms with Crippen molar-refractivity contribution in [3.63, 3.8) is 0 Å². The molecular weight excluding hydrogens is 340 g/mol. The standard InChI is InChI=1S/C18H21F2N5O/c1-17(2,25-9-3-8-23-25)18(26,11-16-21-12-22-24-16)7-6-13-4-5-14(19)10-15(13)20/h3-5,8-10,12,26H,6-7,11H2,1-2H3,(H,21,22,24). The Hall–Kier alpha value is -2.61. The van der Waals surface area contributed by atoms with Gasteiger partial charge in [-0.1, -0.05) is 6.07 Å². The van der Waals surface area contributed by atoms with Gasteiger partial charge < -0.3 is 5.11 Å². The minimum absolute atomic E-state index is 0.159. The number of rotatable bonds is 7. The summed E-state index contributed by atoms with van der Waals surface area (Å²) in [4.78, 5) is 4.10. The maximum atomic E-state index is 14.0. The van der Waals surface area contributed by atoms with E-state index in [1.165, 1.54) is 18.5 Å². The highest BCUT2D eigenvalue weighted by Gasteiger charge is 2.46. The number of hydrogen-bond acceptors (Lipinski definition) is 4. The van der Waals surface area contributed by atoms with Crippen molar-refractivity contribution in [1.29, 1.82) is 0 Å². The molecule has 2 heterocycles. The Morgan fingerprint density at radius 1 is 1.27 bits per heavy atom. The van der Waals surface area contributed by atoms with E-state index in [1.807, 2.05) is 13.8 Å². The molecular formula is C18H21F2N5O. The van der Waals surface area contributed by atoms with Crippen LogP contribution in [0.25, 0.3) is 0 Å². The third-order valence-corrected chi connectivity index (χ3v) is 4.95. The van der Waals surface area contributed by atoms with Gasteiger partial charge >= 0.3 is 0 Å². The fourth-order valence-corrected chi connectivity index (χ4v) is 3.07. The van der Waals surface area contributed by atoms with Gasteiger partial charge in [0.15, 0.2) is 5.82 Å². The molecule has 0 aliphatic heterocycles. The molecule has 3 rings (SSSR count). The number of aromatic nitrogens is 5. The van der Waals surface area contributed by atoms with Gasteiger partial charge in [-0.05, 0) is 44.4 Å². The number of aromatic amines is 1. The van der Waals surface area contributed by atoms with Crippen LogP contribution in [0.1, 0.15) is 31.7 Å². The van der Waals surface area contributed by atoms with Gasteiger partial charge in [0.2, 0.25) is 0 Å². The van der Waals surface area contributed by atoms with E-state index in [0.29, 0.717) is 11.4 Å². The second kappa shape index (κ2) is 6.95. The van der Waals surface area contributed by atoms with Gasteiger partial charge in [0, 0.05) is 24.9 Å². The van der Waals surface area contributed by atoms with E-state index < -0.39 is 22.8 Å². The van der Waals surface area contributed by atoms with Gasteiger partial charge in [-0.3, -0.25) is 9.78 Å². The van der Waals surface area contributed by atoms with E-state index >= 15 is 0 Å². The number of halogens is 2. The number of hydrogen-bond donors (Lipinski definition) is 2. The Morgan fingerprint density at radius 2 is 2.08 bits per heavy atom. The summed E-state index contributed by atoms with van der Waals surface area (Å²) in [7, 11) is 0. The smallest absolute Gasteiger partial charge is 0.153 e. The lowest BCUT2D eigenvalue weighted by Crippen LogP contribution is -2.54. The molecule has 8 heteroatoms. The summed E-state index contributed by atoms with van der Waals surface area (Å²) in [5, 5.41) is 22.5. The molecule has 3 aromatic rings. The highest BCUT2D eigenvalue weighted by Crippen LogP contribution is 2.35. The van der Waals surface area contributed by atoms with Gasteiger partial charge in [0.1, 0.15) is 18.0 Å². The van der Waals surface area contributed by atoms with E-state index in [2.05, 4.69) is 20.3 Å². The summed E-state index contributed by atoms with van der Waals surface area (Å²) >= 11 is 0. The van der Waals surface area contributed by atoms with E-state index in [9.17, 15) is 13.9 Å². The van der Waals surface area contributed by atoms with Crippen LogP contribution in [0.15, 0.2) is 43.0 Å². The first-order valence-electron chi connectivity index (χ1n) is 8.33. The van der Waals surface area contributed by atoms with Crippen LogP contribution in [0, 0.1) is 11.6 Å². The monoisotopic (exact) mass is 361 g/mol. The number of aryl methyl sites for hydroxylation is 1. The summed E-state index contributed by atoms with van der Waals surface area (Å²) < 4.78 is 28.8. The van der Waals surface area contributed by atoms with Crippen molar-refractivity contribution in [2.75, 3.05) is 0 Å². The summed E-state index contributed by atoms with van der Waals surface area (Å²) in [6.45, 7) is 3.71. The highest BCUT2D eigenvalue weighted by molar-refractivity contribution is 5.19. The zero-order chi connectivity index (χ0) is 18.8. The van der Waals surface area contributed by atoms with Gasteiger partial charge in [0.05, 0.1) is 11.1 Å². The summed E-state index contributed by atoms with van der Waals surface area (Å²) in [5.41, 5.74) is -1.79. The third-order valence-electron chi connectivity index (χ3n) is 4.95. The number of aliphatic hydroxyl groups is 1. The summed E-state index contributed by atoms with van der Waals surface area (Å²) in [6, 6.07) is 5.24. The van der Waals surface area contributed by atoms with Crippen molar-refractivity contribution in [3.8, 4) is 0 Å². The van der Waals surface area contributed by atoms with Crippen LogP contribution >= 0.6 is 0 Å². The lowest BCUT2D eigenvalue weighted by molar-refractivity contribution is -0.0714. The largest absolute Gasteiger partial charge is 0.387 e. The van der Waals surface area contributed by atoms with Crippen LogP contribution in [0.3, 0.4) is 0 Å². The predicted molar refractivity (Wildman–Crippen MR) is 91.3 cm³/mol. The first-order valence-corrected chi connectivity index (χ1v) is 8.33. The summed E-state index contributed by atoms with van der Waals surface area (Å²) in [6.07, 6.45) is 5.45. The van der Waals surface area contributed by atoms with Crippen LogP contribution in [-0.2, 0) is 18.4 Å². The third kappa shape index (κ3) is 3.50. The van der Waals surface area contributed by atoms with Crippen LogP contribution < -0.4 is 0 Å². The van der Waals surface area contributed by atoms with Crippen LogP contribution in [0.2, 0.25) is 0 Å². The van der Waals surface area contributed by atoms with Gasteiger partial charge in [-0.2, -0.15) is 10.2 Å². The highest BCUT2D eigenvalue weighted by atomic mass is 19.1. The molecule has 0 saturated heterocycles. The molecule has 0 saturated carbocycles. The van der Waals surface area contributed by atoms with Crippen molar-refractivity contribution < 1.29 is 13.9 Å². The fraction of sp³-hybridized carbons (Fsp3) is 0.389. The normalized spacial score (nSPS) is 14.3. The predicted octanol–water partition coefficient (Wildman–Crippen LogP) is 2.62. The molecule has 0 radical (unpaired) electrons. The van der Waals surface area contributed by atoms with Gasteiger partial charge in [-0.25, -0.2) is 13.8 Å². The molecule has 1 atom stereocenters. The molecule has 0 fully saturated rings. The molecule has 0 amide bonds. The molecule has 26 heavy (non-hydrogen) atoms. The first-order chi connectivity index (χ1) is 12.3. The zero-order valence-corrected chi connectivity index (χ0v) is 14.7. The number of H-pyrrole nitrogens is 1. The molecule has 1 aromatic carbocycles. The topological polar surface area (TPSA) is 79.6 Å². The van der Waals surface area contributed by atoms with Crippen molar-refractivity contribution in [2.24, 2.45) is 0 Å². The van der Waals surface area contributed by atoms with E-state index in [-0.39, 0.29) is 19.3 Å². The first kappa shape index (κ1) is 18.2. The Bertz CT molecular complexity index is 849. The summed E-state index contributed by atoms with van der Waals surface area (Å²) in [5.74, 6) is -0.798. The maximum Gasteiger partial charge on any atom is 0.153 e. The lowest BCUT2D eigenvalue weighted by atomic mass is 9.76. The Kier molecular flexibility index (Phi) is 4.86. The molecule has 2 aromatic heterocycles. The lowest BCUT2D eigenvalue weighted by Gasteiger charge is -2.42. The molecule has 0 spiro atoms. The number of benzene rings is 1. The van der Waals surface area contributed by atoms with Crippen molar-refractivity contribution in [3.05, 3.63) is 66.0 Å². The van der Waals surface area contributed by atoms with Crippen LogP contribution in [-0.4, -0.2) is 35.7 Å². The average Bonchev–Trinajstić information content (AvgIpc) is 3.27. The Labute approximate surface area is 149 Å². The molecule has 138 valence electrons. The molecule has 0 bridgehead atoms. The van der Waals surface area contributed by atoms with Crippen molar-refractivity contribution in [2.45, 2.75) is 44.2 Å². The minimum Gasteiger partial charge on any atom is -0.387 e. The van der Waals surface area contributed by atoms with E-state index in [4.69, 9.17) is 0 Å². The number of nitrogens with one attached hydrogen (secondary N) is 1. The number of nitrogens with zero attached hydrogens (tertiary/aromatic N) is 4. The quantitative estimate of drug-likeness (QED) is 0.678. The SMILES string of the molecule is CC(C)(n1cccn1)C(O)(CCc1ccc(F)cc1F)Cc1nc[nH]n1. The van der Waals surface area contributed by atoms with Crippen LogP contribution in [0.4, 0.5) is 8.78 Å². The molecule has 2 N–H and O–H groups in total. The fourth-order valence-electron chi connectivity index (χ4n) is 3.07. The molecule has 6 nitrogen and oxygen atoms in total. The minimum atomic E-state index is -1.32. The molecule has 0 aliphatic rings. The van der Waals surface area contributed by atoms with Gasteiger partial charge in [0.25, 0.3) is 0 Å². The average molecular weight is 361 g/mol. The van der Waals surface area contributed by atoms with Crippen LogP contribution in [0.5, 0.6) is 0 Å². The van der Waals surface area contributed by atoms with Gasteiger partial charge in [-0.15, -0.1) is 0 Å². The molecule has 1 unspecified atom stereocenters. The Balaban J connectivity index is 1.90. The molecule has 0 aliphatic carbocycles. The van der Waals surface area contributed by atoms with Crippen molar-refractivity contribution in [1.82, 2.24) is 25.0 Å². The van der Waals surface area contributed by atoms with Crippen molar-refractivity contribution >= 4 is 0 Å². The van der Waals surface area contributed by atoms with E-state index in [1.54, 1.807) is 23.1 Å². The Morgan fingerprint density at radius 3 is 2.69 bits per heavy atom.